The van der Waals surface area contributed by atoms with E-state index in [4.69, 9.17) is 4.74 Å². The summed E-state index contributed by atoms with van der Waals surface area (Å²) in [5, 5.41) is 40.0. The molecule has 7 atom stereocenters. The number of amides is 1. The fraction of sp³-hybridized carbons (Fsp3) is 0.387. The number of ether oxygens (including phenoxy) is 1. The molecule has 0 aliphatic carbocycles. The van der Waals surface area contributed by atoms with E-state index >= 15 is 0 Å². The van der Waals surface area contributed by atoms with Gasteiger partial charge in [0.2, 0.25) is 5.91 Å². The van der Waals surface area contributed by atoms with E-state index in [1.54, 1.807) is 29.2 Å². The van der Waals surface area contributed by atoms with Gasteiger partial charge >= 0.3 is 0 Å². The molecule has 2 aliphatic rings. The van der Waals surface area contributed by atoms with Gasteiger partial charge in [0, 0.05) is 12.1 Å². The lowest BCUT2D eigenvalue weighted by molar-refractivity contribution is -0.228. The molecule has 1 amide bonds. The highest BCUT2D eigenvalue weighted by molar-refractivity contribution is 6.03. The highest BCUT2D eigenvalue weighted by Crippen LogP contribution is 2.45. The molecule has 0 saturated carbocycles. The number of carbonyl (C=O) groups is 1. The number of halogens is 2. The summed E-state index contributed by atoms with van der Waals surface area (Å²) < 4.78 is 32.5. The molecule has 212 valence electrons. The smallest absolute Gasteiger partial charge is 0.233 e. The van der Waals surface area contributed by atoms with Crippen molar-refractivity contribution in [3.63, 3.8) is 0 Å². The second-order valence-corrected chi connectivity index (χ2v) is 10.6. The van der Waals surface area contributed by atoms with Crippen LogP contribution in [0.25, 0.3) is 0 Å². The average Bonchev–Trinajstić information content (AvgIpc) is 2.96. The minimum Gasteiger partial charge on any atom is -0.394 e. The van der Waals surface area contributed by atoms with Gasteiger partial charge in [0.15, 0.2) is 0 Å². The Kier molecular flexibility index (Phi) is 8.58. The van der Waals surface area contributed by atoms with E-state index in [-0.39, 0.29) is 35.9 Å². The SMILES string of the molecule is O=C1[C@@H](CCCc2ccc(F)cc2)[C@@H](c2ccc(C[C@@H]3O[C@H](CO)[C@@H](O)[C@H](O)[C@H]3O)cc2)N1c1ccc(F)cc1. The zero-order valence-corrected chi connectivity index (χ0v) is 21.8. The van der Waals surface area contributed by atoms with Gasteiger partial charge in [-0.3, -0.25) is 4.79 Å². The van der Waals surface area contributed by atoms with Crippen molar-refractivity contribution >= 4 is 11.6 Å². The fourth-order valence-electron chi connectivity index (χ4n) is 5.71. The molecule has 0 unspecified atom stereocenters. The van der Waals surface area contributed by atoms with Gasteiger partial charge in [0.1, 0.15) is 36.1 Å². The van der Waals surface area contributed by atoms with E-state index in [1.807, 2.05) is 24.3 Å². The number of carbonyl (C=O) groups excluding carboxylic acids is 1. The van der Waals surface area contributed by atoms with Crippen LogP contribution in [0, 0.1) is 17.6 Å². The number of hydrogen-bond acceptors (Lipinski definition) is 6. The van der Waals surface area contributed by atoms with Gasteiger partial charge in [-0.2, -0.15) is 0 Å². The molecule has 9 heteroatoms. The lowest BCUT2D eigenvalue weighted by Gasteiger charge is -2.48. The predicted octanol–water partition coefficient (Wildman–Crippen LogP) is 3.08. The molecule has 2 heterocycles. The first-order chi connectivity index (χ1) is 19.3. The molecule has 4 N–H and O–H groups in total. The second-order valence-electron chi connectivity index (χ2n) is 10.6. The average molecular weight is 554 g/mol. The number of aliphatic hydroxyl groups is 4. The number of hydrogen-bond donors (Lipinski definition) is 4. The van der Waals surface area contributed by atoms with Gasteiger partial charge in [0.25, 0.3) is 0 Å². The van der Waals surface area contributed by atoms with Crippen LogP contribution in [-0.4, -0.2) is 63.5 Å². The predicted molar refractivity (Wildman–Crippen MR) is 143 cm³/mol. The lowest BCUT2D eigenvalue weighted by atomic mass is 9.78. The molecule has 5 rings (SSSR count). The van der Waals surface area contributed by atoms with E-state index in [2.05, 4.69) is 0 Å². The second kappa shape index (κ2) is 12.1. The number of nitrogens with zero attached hydrogens (tertiary/aromatic N) is 1. The van der Waals surface area contributed by atoms with Crippen molar-refractivity contribution in [1.29, 1.82) is 0 Å². The molecular weight excluding hydrogens is 520 g/mol. The molecule has 2 fully saturated rings. The van der Waals surface area contributed by atoms with Crippen molar-refractivity contribution in [3.8, 4) is 0 Å². The summed E-state index contributed by atoms with van der Waals surface area (Å²) >= 11 is 0. The van der Waals surface area contributed by atoms with E-state index in [0.717, 1.165) is 23.1 Å². The minimum atomic E-state index is -1.43. The highest BCUT2D eigenvalue weighted by Gasteiger charge is 2.48. The van der Waals surface area contributed by atoms with Crippen molar-refractivity contribution in [3.05, 3.63) is 101 Å². The summed E-state index contributed by atoms with van der Waals surface area (Å²) in [6, 6.07) is 19.4. The third kappa shape index (κ3) is 5.80. The Morgan fingerprint density at radius 1 is 0.750 bits per heavy atom. The molecule has 0 radical (unpaired) electrons. The maximum Gasteiger partial charge on any atom is 0.233 e. The molecule has 2 saturated heterocycles. The van der Waals surface area contributed by atoms with Gasteiger partial charge in [0.05, 0.1) is 24.7 Å². The van der Waals surface area contributed by atoms with Gasteiger partial charge in [-0.25, -0.2) is 8.78 Å². The third-order valence-electron chi connectivity index (χ3n) is 7.96. The zero-order chi connectivity index (χ0) is 28.4. The Balaban J connectivity index is 1.31. The molecule has 40 heavy (non-hydrogen) atoms. The van der Waals surface area contributed by atoms with Gasteiger partial charge in [-0.15, -0.1) is 0 Å². The van der Waals surface area contributed by atoms with Gasteiger partial charge in [-0.05, 0) is 72.4 Å². The lowest BCUT2D eigenvalue weighted by Crippen LogP contribution is -2.59. The van der Waals surface area contributed by atoms with Crippen molar-refractivity contribution in [2.24, 2.45) is 5.92 Å². The molecule has 0 spiro atoms. The normalized spacial score (nSPS) is 28.4. The van der Waals surface area contributed by atoms with Crippen LogP contribution in [-0.2, 0) is 22.4 Å². The van der Waals surface area contributed by atoms with Crippen LogP contribution in [0.5, 0.6) is 0 Å². The Hall–Kier alpha value is -3.21. The number of benzene rings is 3. The third-order valence-corrected chi connectivity index (χ3v) is 7.96. The van der Waals surface area contributed by atoms with E-state index < -0.39 is 37.1 Å². The van der Waals surface area contributed by atoms with E-state index in [9.17, 15) is 34.0 Å². The van der Waals surface area contributed by atoms with Crippen molar-refractivity contribution in [2.45, 2.75) is 62.2 Å². The van der Waals surface area contributed by atoms with Crippen LogP contribution in [0.3, 0.4) is 0 Å². The van der Waals surface area contributed by atoms with Crippen LogP contribution < -0.4 is 4.90 Å². The van der Waals surface area contributed by atoms with Gasteiger partial charge in [-0.1, -0.05) is 36.4 Å². The summed E-state index contributed by atoms with van der Waals surface area (Å²) in [5.74, 6) is -0.993. The molecular formula is C31H33F2NO6. The molecule has 0 bridgehead atoms. The standard InChI is InChI=1S/C31H33F2NO6/c32-21-10-6-18(7-11-21)2-1-3-24-27(34(31(24)39)23-14-12-22(33)13-15-23)20-8-4-19(5-9-20)16-25-28(36)30(38)29(37)26(17-35)40-25/h4-15,24-30,35-38H,1-3,16-17H2/t24-,25-,26+,27+,28-,29+,30+/m0/s1. The van der Waals surface area contributed by atoms with Crippen LogP contribution >= 0.6 is 0 Å². The summed E-state index contributed by atoms with van der Waals surface area (Å²) in [5.41, 5.74) is 3.31. The first-order valence-corrected chi connectivity index (χ1v) is 13.5. The summed E-state index contributed by atoms with van der Waals surface area (Å²) in [6.07, 6.45) is -3.62. The Morgan fingerprint density at radius 2 is 1.32 bits per heavy atom. The van der Waals surface area contributed by atoms with Crippen molar-refractivity contribution in [1.82, 2.24) is 0 Å². The quantitative estimate of drug-likeness (QED) is 0.303. The van der Waals surface area contributed by atoms with Crippen LogP contribution in [0.2, 0.25) is 0 Å². The number of aryl methyl sites for hydroxylation is 1. The summed E-state index contributed by atoms with van der Waals surface area (Å²) in [4.78, 5) is 14.9. The fourth-order valence-corrected chi connectivity index (χ4v) is 5.71. The van der Waals surface area contributed by atoms with Crippen molar-refractivity contribution < 1.29 is 38.7 Å². The topological polar surface area (TPSA) is 110 Å². The molecule has 7 nitrogen and oxygen atoms in total. The maximum absolute atomic E-state index is 13.6. The molecule has 3 aromatic carbocycles. The Labute approximate surface area is 231 Å². The van der Waals surface area contributed by atoms with E-state index in [0.29, 0.717) is 18.5 Å². The summed E-state index contributed by atoms with van der Waals surface area (Å²) in [6.45, 7) is -0.488. The van der Waals surface area contributed by atoms with Gasteiger partial charge < -0.3 is 30.1 Å². The minimum absolute atomic E-state index is 0.0406. The van der Waals surface area contributed by atoms with Crippen LogP contribution in [0.1, 0.15) is 35.6 Å². The monoisotopic (exact) mass is 553 g/mol. The number of β-lactam (4-membered cyclic amide) rings is 1. The molecule has 0 aromatic heterocycles. The van der Waals surface area contributed by atoms with Crippen LogP contribution in [0.15, 0.2) is 72.8 Å². The largest absolute Gasteiger partial charge is 0.394 e. The van der Waals surface area contributed by atoms with Crippen LogP contribution in [0.4, 0.5) is 14.5 Å². The number of rotatable bonds is 9. The Bertz CT molecular complexity index is 1280. The molecule has 2 aliphatic heterocycles. The zero-order valence-electron chi connectivity index (χ0n) is 21.8. The van der Waals surface area contributed by atoms with E-state index in [1.165, 1.54) is 24.3 Å². The maximum atomic E-state index is 13.6. The highest BCUT2D eigenvalue weighted by atomic mass is 19.1. The first-order valence-electron chi connectivity index (χ1n) is 13.5. The Morgan fingerprint density at radius 3 is 1.95 bits per heavy atom. The number of aliphatic hydroxyl groups excluding tert-OH is 4. The first kappa shape index (κ1) is 28.3. The van der Waals surface area contributed by atoms with Crippen molar-refractivity contribution in [2.75, 3.05) is 11.5 Å². The summed E-state index contributed by atoms with van der Waals surface area (Å²) in [7, 11) is 0. The molecule has 3 aromatic rings. The number of anilines is 1.